The Labute approximate surface area is 115 Å². The van der Waals surface area contributed by atoms with Crippen molar-refractivity contribution in [2.75, 3.05) is 0 Å². The standard InChI is InChI=1S/C14H16O6/c1-2-6-3-7(8-5-10(15)19-12(8)16)4-9-11(6)14(18)20-13(9)17/h6-9,11H,2-5H2,1H3. The second-order valence-electron chi connectivity index (χ2n) is 5.88. The smallest absolute Gasteiger partial charge is 0.317 e. The highest BCUT2D eigenvalue weighted by atomic mass is 16.6. The van der Waals surface area contributed by atoms with E-state index >= 15 is 0 Å². The third kappa shape index (κ3) is 1.94. The Morgan fingerprint density at radius 2 is 1.65 bits per heavy atom. The zero-order valence-corrected chi connectivity index (χ0v) is 11.2. The molecule has 6 heteroatoms. The summed E-state index contributed by atoms with van der Waals surface area (Å²) in [5, 5.41) is 0. The first-order chi connectivity index (χ1) is 9.51. The van der Waals surface area contributed by atoms with Gasteiger partial charge >= 0.3 is 23.9 Å². The number of carbonyl (C=O) groups is 4. The topological polar surface area (TPSA) is 86.7 Å². The highest BCUT2D eigenvalue weighted by molar-refractivity contribution is 5.97. The summed E-state index contributed by atoms with van der Waals surface area (Å²) in [4.78, 5) is 46.4. The third-order valence-electron chi connectivity index (χ3n) is 4.88. The van der Waals surface area contributed by atoms with Crippen LogP contribution in [-0.2, 0) is 28.7 Å². The van der Waals surface area contributed by atoms with Gasteiger partial charge in [0.2, 0.25) is 0 Å². The number of hydrogen-bond donors (Lipinski definition) is 0. The Kier molecular flexibility index (Phi) is 3.11. The molecule has 2 saturated heterocycles. The molecule has 0 aromatic heterocycles. The van der Waals surface area contributed by atoms with Gasteiger partial charge in [-0.2, -0.15) is 0 Å². The molecule has 2 heterocycles. The lowest BCUT2D eigenvalue weighted by atomic mass is 9.64. The van der Waals surface area contributed by atoms with Gasteiger partial charge in [0.1, 0.15) is 0 Å². The van der Waals surface area contributed by atoms with E-state index in [-0.39, 0.29) is 24.2 Å². The van der Waals surface area contributed by atoms with Crippen molar-refractivity contribution in [3.8, 4) is 0 Å². The van der Waals surface area contributed by atoms with Crippen LogP contribution in [-0.4, -0.2) is 23.9 Å². The Hall–Kier alpha value is -1.72. The first kappa shape index (κ1) is 13.3. The Balaban J connectivity index is 1.82. The molecule has 0 amide bonds. The van der Waals surface area contributed by atoms with E-state index in [9.17, 15) is 19.2 Å². The van der Waals surface area contributed by atoms with Gasteiger partial charge in [-0.3, -0.25) is 19.2 Å². The van der Waals surface area contributed by atoms with Crippen molar-refractivity contribution in [3.05, 3.63) is 0 Å². The fourth-order valence-corrected chi connectivity index (χ4v) is 3.88. The molecular weight excluding hydrogens is 264 g/mol. The molecule has 0 bridgehead atoms. The summed E-state index contributed by atoms with van der Waals surface area (Å²) in [6, 6.07) is 0. The van der Waals surface area contributed by atoms with Crippen molar-refractivity contribution in [1.29, 1.82) is 0 Å². The number of esters is 4. The molecule has 3 aliphatic rings. The van der Waals surface area contributed by atoms with Crippen LogP contribution < -0.4 is 0 Å². The monoisotopic (exact) mass is 280 g/mol. The van der Waals surface area contributed by atoms with Gasteiger partial charge in [0.15, 0.2) is 0 Å². The molecule has 1 aliphatic carbocycles. The number of carbonyl (C=O) groups excluding carboxylic acids is 4. The molecule has 108 valence electrons. The molecule has 0 aromatic carbocycles. The maximum absolute atomic E-state index is 11.8. The van der Waals surface area contributed by atoms with Crippen LogP contribution in [0.3, 0.4) is 0 Å². The minimum Gasteiger partial charge on any atom is -0.393 e. The summed E-state index contributed by atoms with van der Waals surface area (Å²) in [5.74, 6) is -3.28. The van der Waals surface area contributed by atoms with Gasteiger partial charge in [-0.25, -0.2) is 0 Å². The molecular formula is C14H16O6. The predicted molar refractivity (Wildman–Crippen MR) is 63.8 cm³/mol. The van der Waals surface area contributed by atoms with Crippen LogP contribution in [0.4, 0.5) is 0 Å². The molecule has 0 N–H and O–H groups in total. The maximum Gasteiger partial charge on any atom is 0.317 e. The van der Waals surface area contributed by atoms with E-state index in [1.165, 1.54) is 0 Å². The minimum atomic E-state index is -0.500. The second kappa shape index (κ2) is 4.68. The molecule has 3 rings (SSSR count). The van der Waals surface area contributed by atoms with E-state index < -0.39 is 35.7 Å². The number of cyclic esters (lactones) is 4. The van der Waals surface area contributed by atoms with Crippen molar-refractivity contribution in [1.82, 2.24) is 0 Å². The van der Waals surface area contributed by atoms with Gasteiger partial charge in [0.25, 0.3) is 0 Å². The normalized spacial score (nSPS) is 40.5. The van der Waals surface area contributed by atoms with Crippen molar-refractivity contribution in [3.63, 3.8) is 0 Å². The average molecular weight is 280 g/mol. The van der Waals surface area contributed by atoms with E-state index in [4.69, 9.17) is 4.74 Å². The summed E-state index contributed by atoms with van der Waals surface area (Å²) >= 11 is 0. The van der Waals surface area contributed by atoms with Gasteiger partial charge in [0.05, 0.1) is 24.2 Å². The average Bonchev–Trinajstić information content (AvgIpc) is 2.89. The summed E-state index contributed by atoms with van der Waals surface area (Å²) in [7, 11) is 0. The highest BCUT2D eigenvalue weighted by Crippen LogP contribution is 2.48. The molecule has 0 radical (unpaired) electrons. The summed E-state index contributed by atoms with van der Waals surface area (Å²) in [5.41, 5.74) is 0. The molecule has 1 saturated carbocycles. The Morgan fingerprint density at radius 1 is 0.950 bits per heavy atom. The van der Waals surface area contributed by atoms with Crippen LogP contribution in [0.5, 0.6) is 0 Å². The Morgan fingerprint density at radius 3 is 2.25 bits per heavy atom. The van der Waals surface area contributed by atoms with E-state index in [1.54, 1.807) is 0 Å². The first-order valence-corrected chi connectivity index (χ1v) is 7.01. The van der Waals surface area contributed by atoms with Crippen LogP contribution in [0.2, 0.25) is 0 Å². The highest BCUT2D eigenvalue weighted by Gasteiger charge is 2.54. The Bertz CT molecular complexity index is 496. The number of ether oxygens (including phenoxy) is 2. The fourth-order valence-electron chi connectivity index (χ4n) is 3.88. The largest absolute Gasteiger partial charge is 0.393 e. The van der Waals surface area contributed by atoms with Crippen LogP contribution in [0.25, 0.3) is 0 Å². The van der Waals surface area contributed by atoms with Crippen molar-refractivity contribution < 1.29 is 28.7 Å². The van der Waals surface area contributed by atoms with Gasteiger partial charge in [-0.05, 0) is 24.7 Å². The molecule has 6 nitrogen and oxygen atoms in total. The maximum atomic E-state index is 11.8. The SMILES string of the molecule is CCC1CC(C2CC(=O)OC2=O)CC2C(=O)OC(=O)C12. The first-order valence-electron chi connectivity index (χ1n) is 7.01. The van der Waals surface area contributed by atoms with E-state index in [1.807, 2.05) is 6.92 Å². The number of rotatable bonds is 2. The summed E-state index contributed by atoms with van der Waals surface area (Å²) in [6.45, 7) is 1.96. The molecule has 5 atom stereocenters. The van der Waals surface area contributed by atoms with Crippen LogP contribution in [0, 0.1) is 29.6 Å². The van der Waals surface area contributed by atoms with Crippen LogP contribution >= 0.6 is 0 Å². The molecule has 5 unspecified atom stereocenters. The molecule has 2 aliphatic heterocycles. The molecule has 0 spiro atoms. The number of fused-ring (bicyclic) bond motifs is 1. The number of hydrogen-bond acceptors (Lipinski definition) is 6. The molecule has 0 aromatic rings. The van der Waals surface area contributed by atoms with Gasteiger partial charge in [-0.15, -0.1) is 0 Å². The zero-order valence-electron chi connectivity index (χ0n) is 11.2. The second-order valence-corrected chi connectivity index (χ2v) is 5.88. The predicted octanol–water partition coefficient (Wildman–Crippen LogP) is 0.828. The van der Waals surface area contributed by atoms with Gasteiger partial charge in [0, 0.05) is 0 Å². The van der Waals surface area contributed by atoms with Crippen LogP contribution in [0.1, 0.15) is 32.6 Å². The van der Waals surface area contributed by atoms with E-state index in [2.05, 4.69) is 4.74 Å². The summed E-state index contributed by atoms with van der Waals surface area (Å²) in [6.07, 6.45) is 1.92. The van der Waals surface area contributed by atoms with Gasteiger partial charge in [-0.1, -0.05) is 13.3 Å². The van der Waals surface area contributed by atoms with E-state index in [0.717, 1.165) is 6.42 Å². The fraction of sp³-hybridized carbons (Fsp3) is 0.714. The van der Waals surface area contributed by atoms with Crippen LogP contribution in [0.15, 0.2) is 0 Å². The lowest BCUT2D eigenvalue weighted by molar-refractivity contribution is -0.156. The lowest BCUT2D eigenvalue weighted by Crippen LogP contribution is -2.38. The van der Waals surface area contributed by atoms with E-state index in [0.29, 0.717) is 12.8 Å². The lowest BCUT2D eigenvalue weighted by Gasteiger charge is -2.35. The van der Waals surface area contributed by atoms with Gasteiger partial charge < -0.3 is 9.47 Å². The van der Waals surface area contributed by atoms with Crippen molar-refractivity contribution in [2.45, 2.75) is 32.6 Å². The minimum absolute atomic E-state index is 0.0289. The summed E-state index contributed by atoms with van der Waals surface area (Å²) < 4.78 is 9.33. The quantitative estimate of drug-likeness (QED) is 0.550. The molecule has 3 fully saturated rings. The van der Waals surface area contributed by atoms with Crippen molar-refractivity contribution in [2.24, 2.45) is 29.6 Å². The third-order valence-corrected chi connectivity index (χ3v) is 4.88. The van der Waals surface area contributed by atoms with Crippen molar-refractivity contribution >= 4 is 23.9 Å². The zero-order chi connectivity index (χ0) is 14.4. The molecule has 20 heavy (non-hydrogen) atoms.